The number of carbonyl (C=O) groups is 1. The van der Waals surface area contributed by atoms with Crippen LogP contribution in [0.5, 0.6) is 0 Å². The molecule has 0 unspecified atom stereocenters. The molecule has 28 heavy (non-hydrogen) atoms. The van der Waals surface area contributed by atoms with E-state index in [1.807, 2.05) is 6.07 Å². The van der Waals surface area contributed by atoms with E-state index in [-0.39, 0.29) is 5.92 Å². The number of anilines is 3. The van der Waals surface area contributed by atoms with Gasteiger partial charge in [-0.3, -0.25) is 5.10 Å². The van der Waals surface area contributed by atoms with E-state index < -0.39 is 6.09 Å². The molecule has 9 nitrogen and oxygen atoms in total. The number of amides is 1. The second-order valence-corrected chi connectivity index (χ2v) is 7.70. The molecule has 150 valence electrons. The first kappa shape index (κ1) is 18.5. The van der Waals surface area contributed by atoms with Crippen molar-refractivity contribution >= 4 is 23.7 Å². The maximum atomic E-state index is 10.7. The predicted octanol–water partition coefficient (Wildman–Crippen LogP) is 3.08. The van der Waals surface area contributed by atoms with Gasteiger partial charge in [0.15, 0.2) is 5.82 Å². The summed E-state index contributed by atoms with van der Waals surface area (Å²) in [7, 11) is 0. The van der Waals surface area contributed by atoms with E-state index in [2.05, 4.69) is 41.8 Å². The molecule has 1 atom stereocenters. The Kier molecular flexibility index (Phi) is 5.59. The Bertz CT molecular complexity index is 803. The van der Waals surface area contributed by atoms with Crippen molar-refractivity contribution in [2.75, 3.05) is 29.9 Å². The van der Waals surface area contributed by atoms with Gasteiger partial charge in [0.25, 0.3) is 0 Å². The monoisotopic (exact) mass is 385 g/mol. The normalized spacial score (nSPS) is 20.3. The third-order valence-corrected chi connectivity index (χ3v) is 5.64. The van der Waals surface area contributed by atoms with Gasteiger partial charge in [-0.05, 0) is 37.7 Å². The zero-order valence-electron chi connectivity index (χ0n) is 15.9. The number of hydrogen-bond donors (Lipinski definition) is 4. The molecule has 1 aliphatic carbocycles. The molecule has 0 spiro atoms. The van der Waals surface area contributed by atoms with E-state index in [0.717, 1.165) is 31.7 Å². The molecule has 3 heterocycles. The summed E-state index contributed by atoms with van der Waals surface area (Å²) in [5, 5.41) is 22.1. The van der Waals surface area contributed by atoms with Crippen molar-refractivity contribution in [1.29, 1.82) is 0 Å². The zero-order chi connectivity index (χ0) is 19.3. The molecule has 2 aromatic heterocycles. The third-order valence-electron chi connectivity index (χ3n) is 5.64. The average Bonchev–Trinajstić information content (AvgIpc) is 3.39. The second-order valence-electron chi connectivity index (χ2n) is 7.70. The summed E-state index contributed by atoms with van der Waals surface area (Å²) in [6, 6.07) is 3.91. The van der Waals surface area contributed by atoms with Crippen LogP contribution in [0.2, 0.25) is 0 Å². The lowest BCUT2D eigenvalue weighted by atomic mass is 9.98. The molecular weight excluding hydrogens is 358 g/mol. The summed E-state index contributed by atoms with van der Waals surface area (Å²) < 4.78 is 0. The minimum Gasteiger partial charge on any atom is -0.465 e. The molecule has 2 aromatic rings. The molecule has 1 saturated heterocycles. The minimum absolute atomic E-state index is 0.269. The number of hydrogen-bond acceptors (Lipinski definition) is 6. The Morgan fingerprint density at radius 2 is 2.11 bits per heavy atom. The fourth-order valence-corrected chi connectivity index (χ4v) is 4.19. The number of piperidine rings is 1. The van der Waals surface area contributed by atoms with Gasteiger partial charge in [0.1, 0.15) is 5.82 Å². The lowest BCUT2D eigenvalue weighted by Gasteiger charge is -2.32. The van der Waals surface area contributed by atoms with Crippen LogP contribution in [0.4, 0.5) is 22.4 Å². The highest BCUT2D eigenvalue weighted by atomic mass is 16.4. The molecule has 1 amide bonds. The Hall–Kier alpha value is -2.84. The van der Waals surface area contributed by atoms with Gasteiger partial charge < -0.3 is 20.6 Å². The van der Waals surface area contributed by atoms with E-state index in [0.29, 0.717) is 24.2 Å². The number of aromatic nitrogens is 4. The topological polar surface area (TPSA) is 119 Å². The molecular formula is C19H27N7O2. The Morgan fingerprint density at radius 1 is 1.25 bits per heavy atom. The standard InChI is InChI=1S/C19H27N7O2/c27-19(28)21-11-13-4-3-9-26(12-13)18-20-8-7-16(23-18)22-17-10-15(24-25-17)14-5-1-2-6-14/h7-8,10,13-14,21H,1-6,9,11-12H2,(H,27,28)(H2,20,22,23,24,25)/t13-/m1/s1. The van der Waals surface area contributed by atoms with Crippen molar-refractivity contribution in [3.05, 3.63) is 24.0 Å². The molecule has 1 aliphatic heterocycles. The summed E-state index contributed by atoms with van der Waals surface area (Å²) in [4.78, 5) is 21.9. The summed E-state index contributed by atoms with van der Waals surface area (Å²) >= 11 is 0. The van der Waals surface area contributed by atoms with Gasteiger partial charge in [-0.25, -0.2) is 9.78 Å². The van der Waals surface area contributed by atoms with E-state index in [1.165, 1.54) is 31.4 Å². The lowest BCUT2D eigenvalue weighted by Crippen LogP contribution is -2.41. The third kappa shape index (κ3) is 4.52. The number of carboxylic acid groups (broad SMARTS) is 1. The van der Waals surface area contributed by atoms with Crippen LogP contribution < -0.4 is 15.5 Å². The van der Waals surface area contributed by atoms with Gasteiger partial charge in [-0.15, -0.1) is 0 Å². The highest BCUT2D eigenvalue weighted by Gasteiger charge is 2.23. The van der Waals surface area contributed by atoms with Crippen LogP contribution in [0.15, 0.2) is 18.3 Å². The van der Waals surface area contributed by atoms with Crippen molar-refractivity contribution in [3.8, 4) is 0 Å². The van der Waals surface area contributed by atoms with E-state index >= 15 is 0 Å². The largest absolute Gasteiger partial charge is 0.465 e. The predicted molar refractivity (Wildman–Crippen MR) is 106 cm³/mol. The number of H-pyrrole nitrogens is 1. The van der Waals surface area contributed by atoms with E-state index in [4.69, 9.17) is 5.11 Å². The number of rotatable bonds is 6. The van der Waals surface area contributed by atoms with Gasteiger partial charge >= 0.3 is 6.09 Å². The van der Waals surface area contributed by atoms with E-state index in [9.17, 15) is 4.79 Å². The summed E-state index contributed by atoms with van der Waals surface area (Å²) in [6.45, 7) is 2.08. The first-order chi connectivity index (χ1) is 13.7. The fourth-order valence-electron chi connectivity index (χ4n) is 4.19. The maximum Gasteiger partial charge on any atom is 0.404 e. The molecule has 2 fully saturated rings. The number of nitrogens with one attached hydrogen (secondary N) is 3. The van der Waals surface area contributed by atoms with Crippen LogP contribution in [0.1, 0.15) is 50.1 Å². The van der Waals surface area contributed by atoms with Crippen LogP contribution in [-0.2, 0) is 0 Å². The molecule has 1 saturated carbocycles. The number of nitrogens with zero attached hydrogens (tertiary/aromatic N) is 4. The summed E-state index contributed by atoms with van der Waals surface area (Å²) in [5.74, 6) is 3.00. The SMILES string of the molecule is O=C(O)NC[C@H]1CCCN(c2nccc(Nc3cc(C4CCCC4)[nH]n3)n2)C1. The number of aromatic amines is 1. The van der Waals surface area contributed by atoms with Crippen molar-refractivity contribution in [2.24, 2.45) is 5.92 Å². The van der Waals surface area contributed by atoms with Gasteiger partial charge in [0.2, 0.25) is 5.95 Å². The lowest BCUT2D eigenvalue weighted by molar-refractivity contribution is 0.191. The quantitative estimate of drug-likeness (QED) is 0.603. The van der Waals surface area contributed by atoms with Crippen LogP contribution in [0.25, 0.3) is 0 Å². The Balaban J connectivity index is 1.39. The van der Waals surface area contributed by atoms with Crippen molar-refractivity contribution in [3.63, 3.8) is 0 Å². The minimum atomic E-state index is -0.976. The van der Waals surface area contributed by atoms with Crippen molar-refractivity contribution in [1.82, 2.24) is 25.5 Å². The maximum absolute atomic E-state index is 10.7. The van der Waals surface area contributed by atoms with Gasteiger partial charge in [0.05, 0.1) is 0 Å². The van der Waals surface area contributed by atoms with Crippen LogP contribution >= 0.6 is 0 Å². The molecule has 4 N–H and O–H groups in total. The Morgan fingerprint density at radius 3 is 2.93 bits per heavy atom. The average molecular weight is 385 g/mol. The van der Waals surface area contributed by atoms with Crippen LogP contribution in [-0.4, -0.2) is 51.0 Å². The smallest absolute Gasteiger partial charge is 0.404 e. The molecule has 0 bridgehead atoms. The molecule has 0 aromatic carbocycles. The highest BCUT2D eigenvalue weighted by Crippen LogP contribution is 2.34. The van der Waals surface area contributed by atoms with Gasteiger partial charge in [-0.2, -0.15) is 10.1 Å². The molecule has 2 aliphatic rings. The second kappa shape index (κ2) is 8.45. The molecule has 9 heteroatoms. The first-order valence-corrected chi connectivity index (χ1v) is 10.0. The Labute approximate surface area is 164 Å². The van der Waals surface area contributed by atoms with Crippen LogP contribution in [0.3, 0.4) is 0 Å². The molecule has 4 rings (SSSR count). The first-order valence-electron chi connectivity index (χ1n) is 10.0. The fraction of sp³-hybridized carbons (Fsp3) is 0.579. The van der Waals surface area contributed by atoms with Gasteiger partial charge in [-0.1, -0.05) is 12.8 Å². The summed E-state index contributed by atoms with van der Waals surface area (Å²) in [5.41, 5.74) is 1.19. The van der Waals surface area contributed by atoms with Crippen molar-refractivity contribution in [2.45, 2.75) is 44.4 Å². The van der Waals surface area contributed by atoms with Crippen molar-refractivity contribution < 1.29 is 9.90 Å². The molecule has 0 radical (unpaired) electrons. The van der Waals surface area contributed by atoms with Gasteiger partial charge in [0, 0.05) is 43.5 Å². The zero-order valence-corrected chi connectivity index (χ0v) is 15.9. The highest BCUT2D eigenvalue weighted by molar-refractivity contribution is 5.64. The van der Waals surface area contributed by atoms with Crippen LogP contribution in [0, 0.1) is 5.92 Å². The summed E-state index contributed by atoms with van der Waals surface area (Å²) in [6.07, 6.45) is 7.81. The van der Waals surface area contributed by atoms with E-state index in [1.54, 1.807) is 6.20 Å².